The SMILES string of the molecule is COc1ccc([C@@H]2CC(=O)C3=C(C2)Nc2ccccc2N(C(=O)C(F)(F)F)[C@H]3c2ccc(C)cc2)cc1OC. The topological polar surface area (TPSA) is 67.9 Å². The number of allylic oxidation sites excluding steroid dienone is 1. The van der Waals surface area contributed by atoms with Crippen molar-refractivity contribution in [3.63, 3.8) is 0 Å². The highest BCUT2D eigenvalue weighted by Crippen LogP contribution is 2.49. The minimum absolute atomic E-state index is 0.0512. The number of nitrogens with one attached hydrogen (secondary N) is 1. The van der Waals surface area contributed by atoms with Crippen molar-refractivity contribution in [2.24, 2.45) is 0 Å². The number of anilines is 2. The number of amides is 1. The van der Waals surface area contributed by atoms with Gasteiger partial charge in [-0.3, -0.25) is 14.5 Å². The van der Waals surface area contributed by atoms with Crippen molar-refractivity contribution in [3.8, 4) is 11.5 Å². The summed E-state index contributed by atoms with van der Waals surface area (Å²) in [5.41, 5.74) is 3.17. The summed E-state index contributed by atoms with van der Waals surface area (Å²) < 4.78 is 52.8. The van der Waals surface area contributed by atoms with Gasteiger partial charge in [0, 0.05) is 17.7 Å². The van der Waals surface area contributed by atoms with Crippen LogP contribution in [0.1, 0.15) is 41.5 Å². The number of halogens is 3. The third-order valence-corrected chi connectivity index (χ3v) is 7.22. The summed E-state index contributed by atoms with van der Waals surface area (Å²) >= 11 is 0. The molecule has 3 aromatic rings. The Hall–Kier alpha value is -4.27. The number of Topliss-reactive ketones (excluding diaryl/α,β-unsaturated/α-hetero) is 1. The van der Waals surface area contributed by atoms with Crippen LogP contribution in [0.5, 0.6) is 11.5 Å². The fourth-order valence-electron chi connectivity index (χ4n) is 5.36. The Balaban J connectivity index is 1.69. The van der Waals surface area contributed by atoms with E-state index in [-0.39, 0.29) is 29.4 Å². The molecule has 0 radical (unpaired) electrons. The highest BCUT2D eigenvalue weighted by Gasteiger charge is 2.50. The van der Waals surface area contributed by atoms with Crippen molar-refractivity contribution in [1.29, 1.82) is 0 Å². The smallest absolute Gasteiger partial charge is 0.471 e. The molecule has 202 valence electrons. The molecule has 0 saturated heterocycles. The maximum atomic E-state index is 14.0. The van der Waals surface area contributed by atoms with Crippen molar-refractivity contribution < 1.29 is 32.2 Å². The van der Waals surface area contributed by atoms with Gasteiger partial charge in [-0.1, -0.05) is 48.0 Å². The van der Waals surface area contributed by atoms with Crippen LogP contribution in [0, 0.1) is 6.92 Å². The lowest BCUT2D eigenvalue weighted by atomic mass is 9.78. The second kappa shape index (κ2) is 10.1. The van der Waals surface area contributed by atoms with Crippen LogP contribution in [0.4, 0.5) is 24.5 Å². The highest BCUT2D eigenvalue weighted by atomic mass is 19.4. The number of ether oxygens (including phenoxy) is 2. The monoisotopic (exact) mass is 536 g/mol. The van der Waals surface area contributed by atoms with E-state index in [1.807, 2.05) is 19.1 Å². The second-order valence-corrected chi connectivity index (χ2v) is 9.66. The Bertz CT molecular complexity index is 1460. The number of carbonyl (C=O) groups excluding carboxylic acids is 2. The number of hydrogen-bond donors (Lipinski definition) is 1. The first-order chi connectivity index (χ1) is 18.6. The molecule has 6 nitrogen and oxygen atoms in total. The molecular weight excluding hydrogens is 509 g/mol. The highest BCUT2D eigenvalue weighted by molar-refractivity contribution is 6.07. The Morgan fingerprint density at radius 3 is 2.26 bits per heavy atom. The van der Waals surface area contributed by atoms with Crippen molar-refractivity contribution >= 4 is 23.1 Å². The first kappa shape index (κ1) is 26.3. The molecule has 1 N–H and O–H groups in total. The molecule has 2 atom stereocenters. The maximum Gasteiger partial charge on any atom is 0.471 e. The van der Waals surface area contributed by atoms with Crippen LogP contribution in [-0.2, 0) is 9.59 Å². The zero-order valence-electron chi connectivity index (χ0n) is 21.6. The van der Waals surface area contributed by atoms with Gasteiger partial charge in [0.15, 0.2) is 17.3 Å². The number of benzene rings is 3. The molecule has 39 heavy (non-hydrogen) atoms. The van der Waals surface area contributed by atoms with E-state index in [2.05, 4.69) is 5.32 Å². The van der Waals surface area contributed by atoms with E-state index in [9.17, 15) is 22.8 Å². The molecule has 0 bridgehead atoms. The van der Waals surface area contributed by atoms with Gasteiger partial charge in [0.2, 0.25) is 0 Å². The molecule has 0 fully saturated rings. The van der Waals surface area contributed by atoms with Gasteiger partial charge in [0.05, 0.1) is 31.6 Å². The summed E-state index contributed by atoms with van der Waals surface area (Å²) in [5.74, 6) is -1.57. The average Bonchev–Trinajstić information content (AvgIpc) is 3.06. The molecule has 1 amide bonds. The molecular formula is C30H27F3N2O4. The summed E-state index contributed by atoms with van der Waals surface area (Å²) in [6.45, 7) is 1.86. The molecule has 1 aliphatic heterocycles. The molecule has 2 aliphatic rings. The van der Waals surface area contributed by atoms with Crippen LogP contribution in [0.15, 0.2) is 78.0 Å². The molecule has 0 saturated carbocycles. The van der Waals surface area contributed by atoms with Gasteiger partial charge in [-0.2, -0.15) is 13.2 Å². The molecule has 0 unspecified atom stereocenters. The van der Waals surface area contributed by atoms with E-state index in [1.54, 1.807) is 48.5 Å². The largest absolute Gasteiger partial charge is 0.493 e. The Morgan fingerprint density at radius 2 is 1.59 bits per heavy atom. The van der Waals surface area contributed by atoms with E-state index in [0.29, 0.717) is 39.8 Å². The number of methoxy groups -OCH3 is 2. The number of ketones is 1. The van der Waals surface area contributed by atoms with Crippen LogP contribution in [0.25, 0.3) is 0 Å². The van der Waals surface area contributed by atoms with Gasteiger partial charge in [-0.25, -0.2) is 0 Å². The number of aryl methyl sites for hydroxylation is 1. The summed E-state index contributed by atoms with van der Waals surface area (Å²) in [5, 5.41) is 3.23. The number of alkyl halides is 3. The summed E-state index contributed by atoms with van der Waals surface area (Å²) in [6, 6.07) is 17.3. The van der Waals surface area contributed by atoms with Crippen LogP contribution >= 0.6 is 0 Å². The molecule has 1 heterocycles. The Morgan fingerprint density at radius 1 is 0.923 bits per heavy atom. The van der Waals surface area contributed by atoms with E-state index in [4.69, 9.17) is 9.47 Å². The lowest BCUT2D eigenvalue weighted by molar-refractivity contribution is -0.170. The predicted molar refractivity (Wildman–Crippen MR) is 141 cm³/mol. The number of rotatable bonds is 4. The lowest BCUT2D eigenvalue weighted by Crippen LogP contribution is -2.45. The Kier molecular flexibility index (Phi) is 6.84. The molecule has 0 spiro atoms. The quantitative estimate of drug-likeness (QED) is 0.414. The number of para-hydroxylation sites is 2. The fraction of sp³-hybridized carbons (Fsp3) is 0.267. The molecule has 0 aromatic heterocycles. The van der Waals surface area contributed by atoms with Crippen LogP contribution in [-0.4, -0.2) is 32.1 Å². The van der Waals surface area contributed by atoms with Gasteiger partial charge < -0.3 is 14.8 Å². The standard InChI is InChI=1S/C30H27F3N2O4/c1-17-8-10-18(11-9-17)28-27-22(34-21-6-4-5-7-23(21)35(28)29(37)30(31,32)33)14-20(15-24(27)36)19-12-13-25(38-2)26(16-19)39-3/h4-13,16,20,28,34H,14-15H2,1-3H3/t20-,28-/m0/s1. The molecule has 1 aliphatic carbocycles. The third-order valence-electron chi connectivity index (χ3n) is 7.22. The maximum absolute atomic E-state index is 14.0. The number of carbonyl (C=O) groups is 2. The first-order valence-electron chi connectivity index (χ1n) is 12.4. The summed E-state index contributed by atoms with van der Waals surface area (Å²) in [7, 11) is 3.06. The molecule has 9 heteroatoms. The van der Waals surface area contributed by atoms with Gasteiger partial charge in [-0.05, 0) is 54.7 Å². The van der Waals surface area contributed by atoms with Gasteiger partial charge >= 0.3 is 12.1 Å². The number of nitrogens with zero attached hydrogens (tertiary/aromatic N) is 1. The first-order valence-corrected chi connectivity index (χ1v) is 12.4. The van der Waals surface area contributed by atoms with Crippen molar-refractivity contribution in [2.75, 3.05) is 24.4 Å². The van der Waals surface area contributed by atoms with Crippen molar-refractivity contribution in [3.05, 3.63) is 94.7 Å². The minimum Gasteiger partial charge on any atom is -0.493 e. The Labute approximate surface area is 224 Å². The van der Waals surface area contributed by atoms with Gasteiger partial charge in [-0.15, -0.1) is 0 Å². The van der Waals surface area contributed by atoms with Gasteiger partial charge in [0.1, 0.15) is 0 Å². The summed E-state index contributed by atoms with van der Waals surface area (Å²) in [6.07, 6.45) is -4.74. The zero-order chi connectivity index (χ0) is 27.9. The third kappa shape index (κ3) is 4.84. The average molecular weight is 537 g/mol. The van der Waals surface area contributed by atoms with Crippen LogP contribution in [0.2, 0.25) is 0 Å². The normalized spacial score (nSPS) is 19.0. The van der Waals surface area contributed by atoms with E-state index in [1.165, 1.54) is 20.3 Å². The van der Waals surface area contributed by atoms with Gasteiger partial charge in [0.25, 0.3) is 0 Å². The molecule has 5 rings (SSSR count). The number of fused-ring (bicyclic) bond motifs is 1. The fourth-order valence-corrected chi connectivity index (χ4v) is 5.36. The van der Waals surface area contributed by atoms with E-state index >= 15 is 0 Å². The van der Waals surface area contributed by atoms with Crippen LogP contribution in [0.3, 0.4) is 0 Å². The second-order valence-electron chi connectivity index (χ2n) is 9.66. The number of hydrogen-bond acceptors (Lipinski definition) is 5. The van der Waals surface area contributed by atoms with Crippen molar-refractivity contribution in [1.82, 2.24) is 0 Å². The summed E-state index contributed by atoms with van der Waals surface area (Å²) in [4.78, 5) is 27.6. The zero-order valence-corrected chi connectivity index (χ0v) is 21.6. The van der Waals surface area contributed by atoms with Crippen LogP contribution < -0.4 is 19.7 Å². The molecule has 3 aromatic carbocycles. The van der Waals surface area contributed by atoms with E-state index in [0.717, 1.165) is 11.1 Å². The lowest BCUT2D eigenvalue weighted by Gasteiger charge is -2.35. The minimum atomic E-state index is -5.15. The van der Waals surface area contributed by atoms with Crippen molar-refractivity contribution in [2.45, 2.75) is 37.9 Å². The van der Waals surface area contributed by atoms with E-state index < -0.39 is 18.1 Å². The predicted octanol–water partition coefficient (Wildman–Crippen LogP) is 6.48.